The van der Waals surface area contributed by atoms with Crippen molar-refractivity contribution >= 4 is 17.2 Å². The van der Waals surface area contributed by atoms with Crippen LogP contribution >= 0.6 is 11.6 Å². The van der Waals surface area contributed by atoms with Crippen LogP contribution in [0.1, 0.15) is 11.3 Å². The molecule has 0 aliphatic heterocycles. The molecule has 0 saturated carbocycles. The van der Waals surface area contributed by atoms with Gasteiger partial charge in [-0.2, -0.15) is 0 Å². The SMILES string of the molecule is Cc1ccc2nc(COc3ccc(F)c(Cl)c3)cc(=O)n2c1. The van der Waals surface area contributed by atoms with Gasteiger partial charge >= 0.3 is 0 Å². The predicted octanol–water partition coefficient (Wildman–Crippen LogP) is 3.37. The summed E-state index contributed by atoms with van der Waals surface area (Å²) in [6.07, 6.45) is 1.73. The molecule has 0 saturated heterocycles. The Labute approximate surface area is 130 Å². The van der Waals surface area contributed by atoms with Crippen LogP contribution in [-0.4, -0.2) is 9.38 Å². The molecule has 6 heteroatoms. The van der Waals surface area contributed by atoms with Crippen LogP contribution in [0.3, 0.4) is 0 Å². The Morgan fingerprint density at radius 3 is 2.86 bits per heavy atom. The summed E-state index contributed by atoms with van der Waals surface area (Å²) in [5.74, 6) is -0.0937. The fourth-order valence-electron chi connectivity index (χ4n) is 2.06. The Hall–Kier alpha value is -2.40. The standard InChI is InChI=1S/C16H12ClFN2O2/c1-10-2-5-15-19-11(6-16(21)20(15)8-10)9-22-12-3-4-14(18)13(17)7-12/h2-8H,9H2,1H3. The lowest BCUT2D eigenvalue weighted by atomic mass is 10.3. The predicted molar refractivity (Wildman–Crippen MR) is 81.9 cm³/mol. The van der Waals surface area contributed by atoms with E-state index in [0.29, 0.717) is 17.1 Å². The molecular formula is C16H12ClFN2O2. The normalized spacial score (nSPS) is 10.9. The lowest BCUT2D eigenvalue weighted by Gasteiger charge is -2.08. The van der Waals surface area contributed by atoms with Crippen LogP contribution in [0.4, 0.5) is 4.39 Å². The second-order valence-electron chi connectivity index (χ2n) is 4.88. The summed E-state index contributed by atoms with van der Waals surface area (Å²) in [6, 6.07) is 9.15. The van der Waals surface area contributed by atoms with E-state index in [0.717, 1.165) is 5.56 Å². The van der Waals surface area contributed by atoms with Crippen molar-refractivity contribution in [1.82, 2.24) is 9.38 Å². The lowest BCUT2D eigenvalue weighted by Crippen LogP contribution is -2.16. The van der Waals surface area contributed by atoms with Crippen molar-refractivity contribution in [2.24, 2.45) is 0 Å². The fourth-order valence-corrected chi connectivity index (χ4v) is 2.23. The van der Waals surface area contributed by atoms with Gasteiger partial charge in [0.1, 0.15) is 23.8 Å². The maximum absolute atomic E-state index is 13.1. The summed E-state index contributed by atoms with van der Waals surface area (Å²) < 4.78 is 20.1. The van der Waals surface area contributed by atoms with E-state index in [1.165, 1.54) is 28.7 Å². The van der Waals surface area contributed by atoms with Gasteiger partial charge in [-0.1, -0.05) is 17.7 Å². The van der Waals surface area contributed by atoms with Crippen molar-refractivity contribution < 1.29 is 9.13 Å². The largest absolute Gasteiger partial charge is 0.487 e. The second-order valence-corrected chi connectivity index (χ2v) is 5.29. The minimum Gasteiger partial charge on any atom is -0.487 e. The Morgan fingerprint density at radius 2 is 2.09 bits per heavy atom. The first kappa shape index (κ1) is 14.5. The number of aryl methyl sites for hydroxylation is 1. The first-order chi connectivity index (χ1) is 10.5. The molecule has 0 spiro atoms. The van der Waals surface area contributed by atoms with Crippen LogP contribution < -0.4 is 10.3 Å². The highest BCUT2D eigenvalue weighted by atomic mass is 35.5. The van der Waals surface area contributed by atoms with E-state index < -0.39 is 5.82 Å². The Morgan fingerprint density at radius 1 is 1.27 bits per heavy atom. The highest BCUT2D eigenvalue weighted by molar-refractivity contribution is 6.30. The van der Waals surface area contributed by atoms with E-state index in [1.807, 2.05) is 13.0 Å². The quantitative estimate of drug-likeness (QED) is 0.743. The van der Waals surface area contributed by atoms with Crippen LogP contribution in [0.25, 0.3) is 5.65 Å². The van der Waals surface area contributed by atoms with Crippen LogP contribution in [0.15, 0.2) is 47.4 Å². The Kier molecular flexibility index (Phi) is 3.81. The topological polar surface area (TPSA) is 43.6 Å². The third-order valence-electron chi connectivity index (χ3n) is 3.14. The van der Waals surface area contributed by atoms with Crippen molar-refractivity contribution in [2.45, 2.75) is 13.5 Å². The number of hydrogen-bond donors (Lipinski definition) is 0. The van der Waals surface area contributed by atoms with Gasteiger partial charge in [-0.3, -0.25) is 9.20 Å². The van der Waals surface area contributed by atoms with Crippen molar-refractivity contribution in [1.29, 1.82) is 0 Å². The molecule has 0 bridgehead atoms. The van der Waals surface area contributed by atoms with Gasteiger partial charge in [-0.25, -0.2) is 9.37 Å². The number of rotatable bonds is 3. The molecule has 0 aliphatic carbocycles. The summed E-state index contributed by atoms with van der Waals surface area (Å²) in [7, 11) is 0. The van der Waals surface area contributed by atoms with E-state index in [2.05, 4.69) is 4.98 Å². The van der Waals surface area contributed by atoms with Crippen molar-refractivity contribution in [3.8, 4) is 5.75 Å². The van der Waals surface area contributed by atoms with Crippen molar-refractivity contribution in [3.05, 3.63) is 75.0 Å². The Balaban J connectivity index is 1.86. The number of hydrogen-bond acceptors (Lipinski definition) is 3. The molecule has 0 atom stereocenters. The van der Waals surface area contributed by atoms with Gasteiger partial charge in [-0.05, 0) is 30.7 Å². The summed E-state index contributed by atoms with van der Waals surface area (Å²) in [4.78, 5) is 16.4. The zero-order valence-electron chi connectivity index (χ0n) is 11.7. The van der Waals surface area contributed by atoms with Crippen LogP contribution in [0.5, 0.6) is 5.75 Å². The number of aromatic nitrogens is 2. The van der Waals surface area contributed by atoms with E-state index in [4.69, 9.17) is 16.3 Å². The van der Waals surface area contributed by atoms with E-state index >= 15 is 0 Å². The molecular weight excluding hydrogens is 307 g/mol. The minimum atomic E-state index is -0.508. The molecule has 0 aliphatic rings. The average Bonchev–Trinajstić information content (AvgIpc) is 2.49. The van der Waals surface area contributed by atoms with Crippen LogP contribution in [-0.2, 0) is 6.61 Å². The third-order valence-corrected chi connectivity index (χ3v) is 3.43. The zero-order chi connectivity index (χ0) is 15.7. The second kappa shape index (κ2) is 5.77. The molecule has 0 N–H and O–H groups in total. The van der Waals surface area contributed by atoms with Gasteiger partial charge in [0.25, 0.3) is 5.56 Å². The van der Waals surface area contributed by atoms with E-state index in [-0.39, 0.29) is 17.2 Å². The first-order valence-electron chi connectivity index (χ1n) is 6.60. The monoisotopic (exact) mass is 318 g/mol. The molecule has 112 valence electrons. The molecule has 4 nitrogen and oxygen atoms in total. The first-order valence-corrected chi connectivity index (χ1v) is 6.97. The van der Waals surface area contributed by atoms with Gasteiger partial charge < -0.3 is 4.74 Å². The zero-order valence-corrected chi connectivity index (χ0v) is 12.5. The average molecular weight is 319 g/mol. The summed E-state index contributed by atoms with van der Waals surface area (Å²) in [5, 5.41) is -0.0143. The van der Waals surface area contributed by atoms with Gasteiger partial charge in [0, 0.05) is 18.3 Å². The number of fused-ring (bicyclic) bond motifs is 1. The minimum absolute atomic E-state index is 0.0143. The molecule has 0 radical (unpaired) electrons. The lowest BCUT2D eigenvalue weighted by molar-refractivity contribution is 0.301. The summed E-state index contributed by atoms with van der Waals surface area (Å²) in [6.45, 7) is 2.00. The van der Waals surface area contributed by atoms with Crippen LogP contribution in [0.2, 0.25) is 5.02 Å². The maximum atomic E-state index is 13.1. The molecule has 2 heterocycles. The van der Waals surface area contributed by atoms with Gasteiger partial charge in [-0.15, -0.1) is 0 Å². The molecule has 1 aromatic carbocycles. The fraction of sp³-hybridized carbons (Fsp3) is 0.125. The molecule has 0 amide bonds. The van der Waals surface area contributed by atoms with Crippen molar-refractivity contribution in [2.75, 3.05) is 0 Å². The number of ether oxygens (including phenoxy) is 1. The smallest absolute Gasteiger partial charge is 0.258 e. The highest BCUT2D eigenvalue weighted by Crippen LogP contribution is 2.21. The molecule has 0 unspecified atom stereocenters. The van der Waals surface area contributed by atoms with E-state index in [9.17, 15) is 9.18 Å². The number of nitrogens with zero attached hydrogens (tertiary/aromatic N) is 2. The molecule has 3 rings (SSSR count). The molecule has 22 heavy (non-hydrogen) atoms. The molecule has 2 aromatic heterocycles. The molecule has 3 aromatic rings. The van der Waals surface area contributed by atoms with Crippen molar-refractivity contribution in [3.63, 3.8) is 0 Å². The van der Waals surface area contributed by atoms with Gasteiger partial charge in [0.15, 0.2) is 0 Å². The molecule has 0 fully saturated rings. The van der Waals surface area contributed by atoms with Gasteiger partial charge in [0.2, 0.25) is 0 Å². The summed E-state index contributed by atoms with van der Waals surface area (Å²) >= 11 is 5.69. The van der Waals surface area contributed by atoms with E-state index in [1.54, 1.807) is 12.3 Å². The number of halogens is 2. The number of pyridine rings is 1. The van der Waals surface area contributed by atoms with Gasteiger partial charge in [0.05, 0.1) is 10.7 Å². The van der Waals surface area contributed by atoms with Crippen LogP contribution in [0, 0.1) is 12.7 Å². The third kappa shape index (κ3) is 2.94. The Bertz CT molecular complexity index is 908. The number of benzene rings is 1. The maximum Gasteiger partial charge on any atom is 0.258 e. The summed E-state index contributed by atoms with van der Waals surface area (Å²) in [5.41, 5.74) is 1.84. The highest BCUT2D eigenvalue weighted by Gasteiger charge is 2.05.